The highest BCUT2D eigenvalue weighted by Gasteiger charge is 2.27. The van der Waals surface area contributed by atoms with Crippen molar-refractivity contribution in [2.75, 3.05) is 6.61 Å². The molecule has 0 aliphatic heterocycles. The van der Waals surface area contributed by atoms with Crippen molar-refractivity contribution < 1.29 is 5.11 Å². The van der Waals surface area contributed by atoms with E-state index in [0.717, 1.165) is 24.9 Å². The molecule has 2 aromatic rings. The smallest absolute Gasteiger partial charge is 0.163 e. The van der Waals surface area contributed by atoms with Gasteiger partial charge in [0.05, 0.1) is 11.3 Å². The molecule has 0 saturated heterocycles. The van der Waals surface area contributed by atoms with Gasteiger partial charge in [-0.2, -0.15) is 0 Å². The molecule has 3 rings (SSSR count). The van der Waals surface area contributed by atoms with E-state index in [2.05, 4.69) is 9.97 Å². The fourth-order valence-corrected chi connectivity index (χ4v) is 3.16. The molecule has 0 aromatic carbocycles. The standard InChI is InChI=1S/C12H13Cl2N3O/c13-9-4-10(14)16-12-11(9)15-6-17(12)8-2-1-7(3-8)5-18/h4,6-8,18H,1-3,5H2. The SMILES string of the molecule is OCC1CCC(n2cnc3c(Cl)cc(Cl)nc32)C1. The molecule has 1 N–H and O–H groups in total. The second kappa shape index (κ2) is 4.68. The summed E-state index contributed by atoms with van der Waals surface area (Å²) in [5.41, 5.74) is 1.42. The molecule has 96 valence electrons. The molecule has 2 aromatic heterocycles. The van der Waals surface area contributed by atoms with Crippen molar-refractivity contribution >= 4 is 34.4 Å². The lowest BCUT2D eigenvalue weighted by molar-refractivity contribution is 0.226. The summed E-state index contributed by atoms with van der Waals surface area (Å²) < 4.78 is 2.03. The van der Waals surface area contributed by atoms with Gasteiger partial charge < -0.3 is 9.67 Å². The molecule has 0 amide bonds. The van der Waals surface area contributed by atoms with Crippen LogP contribution in [0.2, 0.25) is 10.2 Å². The summed E-state index contributed by atoms with van der Waals surface area (Å²) in [5.74, 6) is 0.377. The molecule has 2 unspecified atom stereocenters. The van der Waals surface area contributed by atoms with Crippen molar-refractivity contribution in [3.63, 3.8) is 0 Å². The van der Waals surface area contributed by atoms with E-state index >= 15 is 0 Å². The molecule has 1 saturated carbocycles. The summed E-state index contributed by atoms with van der Waals surface area (Å²) in [6, 6.07) is 1.93. The summed E-state index contributed by atoms with van der Waals surface area (Å²) >= 11 is 12.0. The molecule has 6 heteroatoms. The Kier molecular flexibility index (Phi) is 3.18. The molecule has 4 nitrogen and oxygen atoms in total. The van der Waals surface area contributed by atoms with E-state index in [1.165, 1.54) is 0 Å². The van der Waals surface area contributed by atoms with E-state index in [4.69, 9.17) is 23.2 Å². The van der Waals surface area contributed by atoms with Crippen LogP contribution in [0, 0.1) is 5.92 Å². The van der Waals surface area contributed by atoms with Crippen LogP contribution in [0.4, 0.5) is 0 Å². The number of aliphatic hydroxyl groups is 1. The Morgan fingerprint density at radius 3 is 2.94 bits per heavy atom. The van der Waals surface area contributed by atoms with E-state index in [1.807, 2.05) is 4.57 Å². The van der Waals surface area contributed by atoms with Crippen LogP contribution in [0.25, 0.3) is 11.2 Å². The zero-order valence-corrected chi connectivity index (χ0v) is 11.2. The van der Waals surface area contributed by atoms with Gasteiger partial charge in [-0.05, 0) is 31.2 Å². The van der Waals surface area contributed by atoms with Crippen molar-refractivity contribution in [1.29, 1.82) is 0 Å². The van der Waals surface area contributed by atoms with Crippen LogP contribution in [0.1, 0.15) is 25.3 Å². The summed E-state index contributed by atoms with van der Waals surface area (Å²) in [7, 11) is 0. The number of hydrogen-bond donors (Lipinski definition) is 1. The van der Waals surface area contributed by atoms with Crippen LogP contribution in [0.15, 0.2) is 12.4 Å². The van der Waals surface area contributed by atoms with Crippen LogP contribution < -0.4 is 0 Å². The monoisotopic (exact) mass is 285 g/mol. The second-order valence-electron chi connectivity index (χ2n) is 4.77. The highest BCUT2D eigenvalue weighted by molar-refractivity contribution is 6.37. The lowest BCUT2D eigenvalue weighted by atomic mass is 10.1. The van der Waals surface area contributed by atoms with Crippen molar-refractivity contribution in [3.8, 4) is 0 Å². The molecule has 1 fully saturated rings. The number of aliphatic hydroxyl groups excluding tert-OH is 1. The maximum Gasteiger partial charge on any atom is 0.163 e. The van der Waals surface area contributed by atoms with E-state index in [-0.39, 0.29) is 6.61 Å². The first kappa shape index (κ1) is 12.2. The van der Waals surface area contributed by atoms with Gasteiger partial charge in [-0.25, -0.2) is 9.97 Å². The Morgan fingerprint density at radius 1 is 1.39 bits per heavy atom. The fraction of sp³-hybridized carbons (Fsp3) is 0.500. The third-order valence-corrected chi connectivity index (χ3v) is 4.10. The van der Waals surface area contributed by atoms with Gasteiger partial charge >= 0.3 is 0 Å². The molecule has 2 atom stereocenters. The van der Waals surface area contributed by atoms with Gasteiger partial charge in [-0.3, -0.25) is 0 Å². The third-order valence-electron chi connectivity index (χ3n) is 3.62. The summed E-state index contributed by atoms with van der Waals surface area (Å²) in [6.07, 6.45) is 4.79. The maximum atomic E-state index is 9.20. The molecule has 1 aliphatic rings. The highest BCUT2D eigenvalue weighted by Crippen LogP contribution is 2.36. The van der Waals surface area contributed by atoms with Gasteiger partial charge in [0.15, 0.2) is 5.65 Å². The molecule has 1 aliphatic carbocycles. The predicted octanol–water partition coefficient (Wildman–Crippen LogP) is 3.07. The van der Waals surface area contributed by atoms with Gasteiger partial charge in [0.1, 0.15) is 10.7 Å². The van der Waals surface area contributed by atoms with Crippen LogP contribution in [0.3, 0.4) is 0 Å². The van der Waals surface area contributed by atoms with Crippen LogP contribution >= 0.6 is 23.2 Å². The van der Waals surface area contributed by atoms with Crippen LogP contribution in [-0.4, -0.2) is 26.2 Å². The zero-order chi connectivity index (χ0) is 12.7. The van der Waals surface area contributed by atoms with Crippen molar-refractivity contribution in [2.45, 2.75) is 25.3 Å². The second-order valence-corrected chi connectivity index (χ2v) is 5.56. The first-order valence-electron chi connectivity index (χ1n) is 5.98. The Hall–Kier alpha value is -0.840. The first-order chi connectivity index (χ1) is 8.69. The van der Waals surface area contributed by atoms with Crippen LogP contribution in [-0.2, 0) is 0 Å². The molecular weight excluding hydrogens is 273 g/mol. The summed E-state index contributed by atoms with van der Waals surface area (Å²) in [6.45, 7) is 0.248. The van der Waals surface area contributed by atoms with Gasteiger partial charge in [0.2, 0.25) is 0 Å². The molecule has 18 heavy (non-hydrogen) atoms. The summed E-state index contributed by atoms with van der Waals surface area (Å²) in [5, 5.41) is 10.1. The fourth-order valence-electron chi connectivity index (χ4n) is 2.67. The Labute approximate surface area is 115 Å². The minimum Gasteiger partial charge on any atom is -0.396 e. The Morgan fingerprint density at radius 2 is 2.22 bits per heavy atom. The molecule has 2 heterocycles. The molecular formula is C12H13Cl2N3O. The van der Waals surface area contributed by atoms with Gasteiger partial charge in [-0.15, -0.1) is 0 Å². The number of hydrogen-bond acceptors (Lipinski definition) is 3. The molecule has 0 spiro atoms. The average molecular weight is 286 g/mol. The third kappa shape index (κ3) is 1.98. The van der Waals surface area contributed by atoms with Crippen molar-refractivity contribution in [2.24, 2.45) is 5.92 Å². The Bertz CT molecular complexity index is 584. The summed E-state index contributed by atoms with van der Waals surface area (Å²) in [4.78, 5) is 8.61. The molecule has 0 bridgehead atoms. The number of fused-ring (bicyclic) bond motifs is 1. The van der Waals surface area contributed by atoms with Gasteiger partial charge in [0, 0.05) is 12.6 Å². The number of pyridine rings is 1. The van der Waals surface area contributed by atoms with E-state index in [1.54, 1.807) is 12.4 Å². The number of halogens is 2. The predicted molar refractivity (Wildman–Crippen MR) is 71.0 cm³/mol. The Balaban J connectivity index is 2.03. The minimum absolute atomic E-state index is 0.248. The van der Waals surface area contributed by atoms with Crippen molar-refractivity contribution in [1.82, 2.24) is 14.5 Å². The van der Waals surface area contributed by atoms with E-state index < -0.39 is 0 Å². The normalized spacial score (nSPS) is 23.9. The first-order valence-corrected chi connectivity index (χ1v) is 6.74. The van der Waals surface area contributed by atoms with Gasteiger partial charge in [0.25, 0.3) is 0 Å². The van der Waals surface area contributed by atoms with E-state index in [9.17, 15) is 5.11 Å². The van der Waals surface area contributed by atoms with E-state index in [0.29, 0.717) is 27.7 Å². The number of imidazole rings is 1. The molecule has 0 radical (unpaired) electrons. The minimum atomic E-state index is 0.248. The number of nitrogens with zero attached hydrogens (tertiary/aromatic N) is 3. The maximum absolute atomic E-state index is 9.20. The topological polar surface area (TPSA) is 50.9 Å². The zero-order valence-electron chi connectivity index (χ0n) is 9.68. The average Bonchev–Trinajstić information content (AvgIpc) is 2.93. The van der Waals surface area contributed by atoms with Crippen LogP contribution in [0.5, 0.6) is 0 Å². The largest absolute Gasteiger partial charge is 0.396 e. The lowest BCUT2D eigenvalue weighted by Gasteiger charge is -2.12. The van der Waals surface area contributed by atoms with Crippen molar-refractivity contribution in [3.05, 3.63) is 22.6 Å². The quantitative estimate of drug-likeness (QED) is 0.863. The number of aromatic nitrogens is 3. The van der Waals surface area contributed by atoms with Gasteiger partial charge in [-0.1, -0.05) is 23.2 Å². The number of rotatable bonds is 2. The highest BCUT2D eigenvalue weighted by atomic mass is 35.5. The lowest BCUT2D eigenvalue weighted by Crippen LogP contribution is -2.06.